The lowest BCUT2D eigenvalue weighted by Gasteiger charge is -2.15. The van der Waals surface area contributed by atoms with Gasteiger partial charge in [0.05, 0.1) is 36.9 Å². The van der Waals surface area contributed by atoms with Crippen molar-refractivity contribution in [3.8, 4) is 17.2 Å². The molecule has 0 amide bonds. The number of nitrogens with one attached hydrogen (secondary N) is 3. The summed E-state index contributed by atoms with van der Waals surface area (Å²) in [5.74, 6) is 1.04. The monoisotopic (exact) mass is 518 g/mol. The van der Waals surface area contributed by atoms with Gasteiger partial charge in [-0.1, -0.05) is 17.7 Å². The second-order valence-electron chi connectivity index (χ2n) is 5.69. The molecule has 0 saturated heterocycles. The molecule has 2 aromatic carbocycles. The van der Waals surface area contributed by atoms with Crippen LogP contribution in [0.1, 0.15) is 11.1 Å². The van der Waals surface area contributed by atoms with Crippen molar-refractivity contribution in [2.75, 3.05) is 21.3 Å². The van der Waals surface area contributed by atoms with E-state index in [1.807, 2.05) is 6.92 Å². The molecule has 0 saturated carbocycles. The van der Waals surface area contributed by atoms with Gasteiger partial charge in [0.25, 0.3) is 10.1 Å². The van der Waals surface area contributed by atoms with Gasteiger partial charge in [-0.3, -0.25) is 15.2 Å². The SMILES string of the molecule is COc1cc(C=NNC(=N)NO)c(Br)c(OC)c1OC.Cc1ccc(S(=O)(=O)O)cc1. The molecule has 31 heavy (non-hydrogen) atoms. The van der Waals surface area contributed by atoms with E-state index in [0.717, 1.165) is 5.56 Å². The van der Waals surface area contributed by atoms with Crippen molar-refractivity contribution in [3.05, 3.63) is 45.9 Å². The van der Waals surface area contributed by atoms with Gasteiger partial charge in [-0.15, -0.1) is 0 Å². The number of ether oxygens (including phenoxy) is 3. The predicted octanol–water partition coefficient (Wildman–Crippen LogP) is 2.55. The molecule has 0 aliphatic rings. The zero-order chi connectivity index (χ0) is 23.6. The average Bonchev–Trinajstić information content (AvgIpc) is 2.74. The molecular formula is C18H23BrN4O7S. The highest BCUT2D eigenvalue weighted by atomic mass is 79.9. The fourth-order valence-corrected chi connectivity index (χ4v) is 3.17. The van der Waals surface area contributed by atoms with E-state index in [1.54, 1.807) is 23.7 Å². The summed E-state index contributed by atoms with van der Waals surface area (Å²) in [5, 5.41) is 19.3. The first-order valence-corrected chi connectivity index (χ1v) is 10.6. The van der Waals surface area contributed by atoms with Crippen molar-refractivity contribution >= 4 is 38.2 Å². The molecule has 0 bridgehead atoms. The fraction of sp³-hybridized carbons (Fsp3) is 0.222. The number of aryl methyl sites for hydroxylation is 1. The van der Waals surface area contributed by atoms with Crippen LogP contribution in [0.25, 0.3) is 0 Å². The molecule has 0 aliphatic heterocycles. The summed E-state index contributed by atoms with van der Waals surface area (Å²) in [6.45, 7) is 1.84. The van der Waals surface area contributed by atoms with Crippen LogP contribution in [0.2, 0.25) is 0 Å². The molecule has 2 rings (SSSR count). The minimum Gasteiger partial charge on any atom is -0.493 e. The number of methoxy groups -OCH3 is 3. The van der Waals surface area contributed by atoms with Gasteiger partial charge in [0.1, 0.15) is 0 Å². The van der Waals surface area contributed by atoms with Crippen molar-refractivity contribution in [2.45, 2.75) is 11.8 Å². The Balaban J connectivity index is 0.000000367. The third-order valence-corrected chi connectivity index (χ3v) is 5.29. The Morgan fingerprint density at radius 2 is 1.71 bits per heavy atom. The van der Waals surface area contributed by atoms with E-state index in [4.69, 9.17) is 29.4 Å². The van der Waals surface area contributed by atoms with E-state index in [1.165, 1.54) is 39.7 Å². The fourth-order valence-electron chi connectivity index (χ4n) is 2.14. The number of halogens is 1. The van der Waals surface area contributed by atoms with E-state index >= 15 is 0 Å². The van der Waals surface area contributed by atoms with Crippen molar-refractivity contribution < 1.29 is 32.4 Å². The average molecular weight is 519 g/mol. The second kappa shape index (κ2) is 12.1. The van der Waals surface area contributed by atoms with E-state index in [-0.39, 0.29) is 10.9 Å². The topological polar surface area (TPSA) is 163 Å². The summed E-state index contributed by atoms with van der Waals surface area (Å²) in [6.07, 6.45) is 1.43. The standard InChI is InChI=1S/C11H15BrN4O4.C7H8O3S/c1-18-7-4-6(5-14-15-11(13)16-17)8(12)10(20-3)9(7)19-2;1-6-2-4-7(5-3-6)11(8,9)10/h4-5,17H,1-3H3,(H3,13,15,16);2-5H,1H3,(H,8,9,10). The third-order valence-electron chi connectivity index (χ3n) is 3.61. The minimum atomic E-state index is -4.02. The van der Waals surface area contributed by atoms with Crippen LogP contribution >= 0.6 is 15.9 Å². The van der Waals surface area contributed by atoms with E-state index in [2.05, 4.69) is 26.5 Å². The normalized spacial score (nSPS) is 10.7. The van der Waals surface area contributed by atoms with Gasteiger partial charge in [0, 0.05) is 5.56 Å². The number of benzene rings is 2. The number of nitrogens with zero attached hydrogens (tertiary/aromatic N) is 1. The van der Waals surface area contributed by atoms with Crippen LogP contribution in [0, 0.1) is 12.3 Å². The molecule has 0 radical (unpaired) electrons. The maximum atomic E-state index is 10.5. The maximum Gasteiger partial charge on any atom is 0.294 e. The summed E-state index contributed by atoms with van der Waals surface area (Å²) in [5.41, 5.74) is 5.47. The summed E-state index contributed by atoms with van der Waals surface area (Å²) in [4.78, 5) is -0.0666. The molecule has 11 nitrogen and oxygen atoms in total. The Morgan fingerprint density at radius 3 is 2.16 bits per heavy atom. The number of hydrogen-bond donors (Lipinski definition) is 5. The number of hydrazone groups is 1. The van der Waals surface area contributed by atoms with Gasteiger partial charge in [-0.05, 0) is 41.1 Å². The van der Waals surface area contributed by atoms with Crippen LogP contribution in [0.4, 0.5) is 0 Å². The summed E-state index contributed by atoms with van der Waals surface area (Å²) < 4.78 is 45.9. The number of hydroxylamine groups is 1. The molecule has 13 heteroatoms. The van der Waals surface area contributed by atoms with Gasteiger partial charge < -0.3 is 14.2 Å². The lowest BCUT2D eigenvalue weighted by Crippen LogP contribution is -2.30. The van der Waals surface area contributed by atoms with E-state index in [0.29, 0.717) is 27.3 Å². The van der Waals surface area contributed by atoms with Crippen LogP contribution in [0.3, 0.4) is 0 Å². The highest BCUT2D eigenvalue weighted by molar-refractivity contribution is 9.10. The molecule has 0 heterocycles. The first-order chi connectivity index (χ1) is 14.6. The van der Waals surface area contributed by atoms with Gasteiger partial charge in [0.2, 0.25) is 11.7 Å². The van der Waals surface area contributed by atoms with Crippen LogP contribution < -0.4 is 25.1 Å². The molecule has 0 unspecified atom stereocenters. The molecular weight excluding hydrogens is 496 g/mol. The van der Waals surface area contributed by atoms with Crippen LogP contribution in [0.5, 0.6) is 17.2 Å². The van der Waals surface area contributed by atoms with Gasteiger partial charge in [-0.25, -0.2) is 10.9 Å². The van der Waals surface area contributed by atoms with Crippen molar-refractivity contribution in [3.63, 3.8) is 0 Å². The summed E-state index contributed by atoms with van der Waals surface area (Å²) >= 11 is 3.38. The number of hydrogen-bond acceptors (Lipinski definition) is 8. The Labute approximate surface area is 188 Å². The molecule has 5 N–H and O–H groups in total. The van der Waals surface area contributed by atoms with Crippen molar-refractivity contribution in [2.24, 2.45) is 5.10 Å². The van der Waals surface area contributed by atoms with Gasteiger partial charge in [0.15, 0.2) is 11.5 Å². The zero-order valence-corrected chi connectivity index (χ0v) is 19.5. The molecule has 0 aliphatic carbocycles. The number of rotatable bonds is 6. The summed E-state index contributed by atoms with van der Waals surface area (Å²) in [6, 6.07) is 7.67. The van der Waals surface area contributed by atoms with Crippen LogP contribution in [-0.4, -0.2) is 51.7 Å². The Hall–Kier alpha value is -2.87. The quantitative estimate of drug-likeness (QED) is 0.167. The lowest BCUT2D eigenvalue weighted by atomic mass is 10.2. The molecule has 0 fully saturated rings. The van der Waals surface area contributed by atoms with Gasteiger partial charge >= 0.3 is 0 Å². The Kier molecular flexibility index (Phi) is 10.2. The molecule has 0 atom stereocenters. The van der Waals surface area contributed by atoms with Crippen LogP contribution in [0.15, 0.2) is 44.8 Å². The van der Waals surface area contributed by atoms with E-state index in [9.17, 15) is 8.42 Å². The first kappa shape index (κ1) is 26.2. The van der Waals surface area contributed by atoms with Crippen molar-refractivity contribution in [1.82, 2.24) is 10.9 Å². The summed E-state index contributed by atoms with van der Waals surface area (Å²) in [7, 11) is 0.507. The third kappa shape index (κ3) is 7.71. The maximum absolute atomic E-state index is 10.5. The number of guanidine groups is 1. The lowest BCUT2D eigenvalue weighted by molar-refractivity contribution is 0.228. The van der Waals surface area contributed by atoms with Crippen molar-refractivity contribution in [1.29, 1.82) is 5.41 Å². The van der Waals surface area contributed by atoms with Gasteiger partial charge in [-0.2, -0.15) is 13.5 Å². The smallest absolute Gasteiger partial charge is 0.294 e. The van der Waals surface area contributed by atoms with Crippen LogP contribution in [-0.2, 0) is 10.1 Å². The molecule has 2 aromatic rings. The molecule has 170 valence electrons. The Bertz CT molecular complexity index is 1030. The predicted molar refractivity (Wildman–Crippen MR) is 118 cm³/mol. The Morgan fingerprint density at radius 1 is 1.13 bits per heavy atom. The molecule has 0 aromatic heterocycles. The highest BCUT2D eigenvalue weighted by Gasteiger charge is 2.18. The second-order valence-corrected chi connectivity index (χ2v) is 7.91. The minimum absolute atomic E-state index is 0.0666. The first-order valence-electron chi connectivity index (χ1n) is 8.39. The largest absolute Gasteiger partial charge is 0.493 e. The molecule has 0 spiro atoms. The zero-order valence-electron chi connectivity index (χ0n) is 17.1. The highest BCUT2D eigenvalue weighted by Crippen LogP contribution is 2.44. The van der Waals surface area contributed by atoms with E-state index < -0.39 is 10.1 Å².